The van der Waals surface area contributed by atoms with Crippen molar-refractivity contribution in [2.75, 3.05) is 19.7 Å². The molecule has 5 aromatic carbocycles. The number of nitrogens with zero attached hydrogens (tertiary/aromatic N) is 5. The van der Waals surface area contributed by atoms with Crippen molar-refractivity contribution in [1.82, 2.24) is 18.6 Å². The third-order valence-corrected chi connectivity index (χ3v) is 11.1. The Kier molecular flexibility index (Phi) is 9.64. The summed E-state index contributed by atoms with van der Waals surface area (Å²) in [5.41, 5.74) is 4.80. The fourth-order valence-corrected chi connectivity index (χ4v) is 8.26. The number of carbonyl (C=O) groups excluding carboxylic acids is 1. The molecular weight excluding hydrogens is 703 g/mol. The van der Waals surface area contributed by atoms with Gasteiger partial charge in [-0.2, -0.15) is 0 Å². The van der Waals surface area contributed by atoms with Gasteiger partial charge in [0.1, 0.15) is 11.3 Å². The number of aryl methyl sites for hydroxylation is 1. The van der Waals surface area contributed by atoms with Crippen LogP contribution in [0.2, 0.25) is 0 Å². The number of hydrogen-bond acceptors (Lipinski definition) is 6. The fourth-order valence-electron chi connectivity index (χ4n) is 8.26. The van der Waals surface area contributed by atoms with E-state index in [1.165, 1.54) is 7.05 Å². The fraction of sp³-hybridized carbons (Fsp3) is 0.217. The maximum Gasteiger partial charge on any atom is 0.338 e. The highest BCUT2D eigenvalue weighted by molar-refractivity contribution is 6.08. The summed E-state index contributed by atoms with van der Waals surface area (Å²) >= 11 is 0. The standard InChI is InChI=1S/C46H43N5O5/c1-5-56-40-22-14-13-21-39(40)51-45(54)41(44(53)49(4)46(51)55)29(2)47-28-36-32-17-9-10-19-34(32)43(52)50(26-25-30-15-7-6-8-16-30)42(36)31-23-24-38-35(27-31)33-18-11-12-20-37(33)48(38)3/h6-24,27,36,42,53H,5,25-26,28H2,1-4H3/t36-,42-/m0/s1. The van der Waals surface area contributed by atoms with E-state index in [0.717, 1.165) is 47.6 Å². The number of hydrogen-bond donors (Lipinski definition) is 1. The zero-order valence-corrected chi connectivity index (χ0v) is 31.8. The van der Waals surface area contributed by atoms with Crippen LogP contribution in [-0.4, -0.2) is 55.0 Å². The maximum atomic E-state index is 14.6. The molecule has 56 heavy (non-hydrogen) atoms. The van der Waals surface area contributed by atoms with E-state index in [4.69, 9.17) is 9.73 Å². The van der Waals surface area contributed by atoms with Gasteiger partial charge in [-0.25, -0.2) is 9.36 Å². The third kappa shape index (κ3) is 6.17. The molecule has 1 amide bonds. The number of benzene rings is 5. The molecule has 0 spiro atoms. The van der Waals surface area contributed by atoms with E-state index in [2.05, 4.69) is 54.1 Å². The molecule has 1 aliphatic rings. The normalized spacial score (nSPS) is 15.8. The van der Waals surface area contributed by atoms with Crippen LogP contribution in [-0.2, 0) is 20.5 Å². The minimum Gasteiger partial charge on any atom is -0.494 e. The minimum absolute atomic E-state index is 0.0527. The number of aromatic hydroxyl groups is 1. The SMILES string of the molecule is CCOc1ccccc1-n1c(=O)c(C(C)=NC[C@H]2c3ccccc3C(=O)N(CCc3ccccc3)[C@H]2c2ccc3c(c2)c2ccccc2n3C)c(O)n(C)c1=O. The predicted octanol–water partition coefficient (Wildman–Crippen LogP) is 7.32. The number of aromatic nitrogens is 3. The molecule has 2 aromatic heterocycles. The highest BCUT2D eigenvalue weighted by atomic mass is 16.5. The van der Waals surface area contributed by atoms with Crippen molar-refractivity contribution < 1.29 is 14.6 Å². The first-order valence-electron chi connectivity index (χ1n) is 18.9. The van der Waals surface area contributed by atoms with Crippen LogP contribution in [0.5, 0.6) is 11.6 Å². The van der Waals surface area contributed by atoms with Crippen molar-refractivity contribution in [3.05, 3.63) is 170 Å². The van der Waals surface area contributed by atoms with Gasteiger partial charge in [0.25, 0.3) is 11.5 Å². The van der Waals surface area contributed by atoms with Crippen LogP contribution >= 0.6 is 0 Å². The van der Waals surface area contributed by atoms with Crippen molar-refractivity contribution in [3.63, 3.8) is 0 Å². The van der Waals surface area contributed by atoms with Crippen LogP contribution in [0, 0.1) is 0 Å². The van der Waals surface area contributed by atoms with Crippen LogP contribution in [0.15, 0.2) is 136 Å². The number of aliphatic imine (C=N–C) groups is 1. The van der Waals surface area contributed by atoms with E-state index in [1.54, 1.807) is 31.2 Å². The van der Waals surface area contributed by atoms with Gasteiger partial charge >= 0.3 is 5.69 Å². The monoisotopic (exact) mass is 745 g/mol. The second-order valence-corrected chi connectivity index (χ2v) is 14.2. The first-order chi connectivity index (χ1) is 27.2. The maximum absolute atomic E-state index is 14.6. The van der Waals surface area contributed by atoms with Crippen LogP contribution in [0.4, 0.5) is 0 Å². The highest BCUT2D eigenvalue weighted by Crippen LogP contribution is 2.44. The molecule has 10 heteroatoms. The molecule has 0 saturated carbocycles. The molecule has 3 heterocycles. The Bertz CT molecular complexity index is 2780. The topological polar surface area (TPSA) is 111 Å². The first-order valence-corrected chi connectivity index (χ1v) is 18.9. The van der Waals surface area contributed by atoms with E-state index < -0.39 is 23.2 Å². The van der Waals surface area contributed by atoms with E-state index >= 15 is 0 Å². The zero-order valence-electron chi connectivity index (χ0n) is 31.8. The number of fused-ring (bicyclic) bond motifs is 4. The number of carbonyl (C=O) groups is 1. The summed E-state index contributed by atoms with van der Waals surface area (Å²) in [6, 6.07) is 39.0. The lowest BCUT2D eigenvalue weighted by Gasteiger charge is -2.42. The summed E-state index contributed by atoms with van der Waals surface area (Å²) in [5, 5.41) is 13.5. The Morgan fingerprint density at radius 3 is 2.29 bits per heavy atom. The van der Waals surface area contributed by atoms with Gasteiger partial charge < -0.3 is 19.3 Å². The molecule has 2 atom stereocenters. The number of ether oxygens (including phenoxy) is 1. The molecule has 0 fully saturated rings. The molecule has 1 aliphatic heterocycles. The molecule has 0 aliphatic carbocycles. The molecule has 7 aromatic rings. The quantitative estimate of drug-likeness (QED) is 0.148. The van der Waals surface area contributed by atoms with Gasteiger partial charge in [0, 0.05) is 66.2 Å². The van der Waals surface area contributed by atoms with E-state index in [-0.39, 0.29) is 35.3 Å². The lowest BCUT2D eigenvalue weighted by molar-refractivity contribution is 0.0614. The number of amides is 1. The molecular formula is C46H43N5O5. The van der Waals surface area contributed by atoms with E-state index in [0.29, 0.717) is 30.9 Å². The van der Waals surface area contributed by atoms with E-state index in [1.807, 2.05) is 66.4 Å². The van der Waals surface area contributed by atoms with Gasteiger partial charge in [-0.15, -0.1) is 0 Å². The van der Waals surface area contributed by atoms with Gasteiger partial charge in [0.15, 0.2) is 0 Å². The van der Waals surface area contributed by atoms with Gasteiger partial charge in [-0.05, 0) is 73.4 Å². The van der Waals surface area contributed by atoms with Gasteiger partial charge in [0.2, 0.25) is 5.88 Å². The van der Waals surface area contributed by atoms with E-state index in [9.17, 15) is 19.5 Å². The average Bonchev–Trinajstić information content (AvgIpc) is 3.51. The number of rotatable bonds is 10. The molecule has 0 unspecified atom stereocenters. The zero-order chi connectivity index (χ0) is 39.1. The van der Waals surface area contributed by atoms with Gasteiger partial charge in [-0.3, -0.25) is 19.1 Å². The van der Waals surface area contributed by atoms with Crippen molar-refractivity contribution in [2.45, 2.75) is 32.2 Å². The van der Waals surface area contributed by atoms with Crippen molar-refractivity contribution >= 4 is 33.4 Å². The molecule has 282 valence electrons. The van der Waals surface area contributed by atoms with Gasteiger partial charge in [-0.1, -0.05) is 84.9 Å². The highest BCUT2D eigenvalue weighted by Gasteiger charge is 2.40. The smallest absolute Gasteiger partial charge is 0.338 e. The molecule has 1 N–H and O–H groups in total. The number of para-hydroxylation sites is 3. The summed E-state index contributed by atoms with van der Waals surface area (Å²) in [7, 11) is 3.48. The first kappa shape index (κ1) is 36.3. The third-order valence-electron chi connectivity index (χ3n) is 11.1. The minimum atomic E-state index is -0.714. The Morgan fingerprint density at radius 1 is 0.786 bits per heavy atom. The Hall–Kier alpha value is -6.68. The molecule has 10 nitrogen and oxygen atoms in total. The van der Waals surface area contributed by atoms with Crippen LogP contribution < -0.4 is 16.0 Å². The molecule has 0 saturated heterocycles. The van der Waals surface area contributed by atoms with Crippen LogP contribution in [0.25, 0.3) is 27.5 Å². The van der Waals surface area contributed by atoms with Crippen molar-refractivity contribution in [2.24, 2.45) is 19.1 Å². The van der Waals surface area contributed by atoms with Crippen LogP contribution in [0.3, 0.4) is 0 Å². The lowest BCUT2D eigenvalue weighted by Crippen LogP contribution is -2.44. The summed E-state index contributed by atoms with van der Waals surface area (Å²) in [4.78, 5) is 49.3. The predicted molar refractivity (Wildman–Crippen MR) is 221 cm³/mol. The Balaban J connectivity index is 1.28. The van der Waals surface area contributed by atoms with Crippen molar-refractivity contribution in [1.29, 1.82) is 0 Å². The molecule has 8 rings (SSSR count). The summed E-state index contributed by atoms with van der Waals surface area (Å²) < 4.78 is 10.0. The summed E-state index contributed by atoms with van der Waals surface area (Å²) in [6.45, 7) is 4.49. The lowest BCUT2D eigenvalue weighted by atomic mass is 9.79. The van der Waals surface area contributed by atoms with Crippen LogP contribution in [0.1, 0.15) is 58.4 Å². The summed E-state index contributed by atoms with van der Waals surface area (Å²) in [6.07, 6.45) is 0.658. The second kappa shape index (κ2) is 14.9. The summed E-state index contributed by atoms with van der Waals surface area (Å²) in [5.74, 6) is -0.487. The Morgan fingerprint density at radius 2 is 1.48 bits per heavy atom. The second-order valence-electron chi connectivity index (χ2n) is 14.2. The largest absolute Gasteiger partial charge is 0.494 e. The average molecular weight is 746 g/mol. The van der Waals surface area contributed by atoms with Crippen molar-refractivity contribution in [3.8, 4) is 17.3 Å². The molecule has 0 radical (unpaired) electrons. The molecule has 0 bridgehead atoms. The Labute approximate surface area is 324 Å². The van der Waals surface area contributed by atoms with Gasteiger partial charge in [0.05, 0.1) is 18.3 Å².